The van der Waals surface area contributed by atoms with Crippen molar-refractivity contribution in [2.45, 2.75) is 13.5 Å². The van der Waals surface area contributed by atoms with E-state index >= 15 is 0 Å². The summed E-state index contributed by atoms with van der Waals surface area (Å²) in [5.41, 5.74) is 9.14. The third kappa shape index (κ3) is 2.41. The number of anilines is 1. The van der Waals surface area contributed by atoms with Crippen LogP contribution in [-0.2, 0) is 11.3 Å². The van der Waals surface area contributed by atoms with Gasteiger partial charge in [-0.2, -0.15) is 0 Å². The summed E-state index contributed by atoms with van der Waals surface area (Å²) in [5, 5.41) is 1.19. The highest BCUT2D eigenvalue weighted by Crippen LogP contribution is 2.24. The number of aryl methyl sites for hydroxylation is 1. The van der Waals surface area contributed by atoms with Crippen LogP contribution in [0.4, 0.5) is 5.82 Å². The first kappa shape index (κ1) is 12.4. The first-order chi connectivity index (χ1) is 9.28. The van der Waals surface area contributed by atoms with E-state index in [9.17, 15) is 0 Å². The van der Waals surface area contributed by atoms with E-state index in [1.54, 1.807) is 0 Å². The number of nitrogens with zero attached hydrogens (tertiary/aromatic N) is 2. The number of benzene rings is 1. The first-order valence-electron chi connectivity index (χ1n) is 6.71. The van der Waals surface area contributed by atoms with E-state index in [4.69, 9.17) is 15.5 Å². The molecule has 0 atom stereocenters. The van der Waals surface area contributed by atoms with E-state index in [1.165, 1.54) is 10.9 Å². The molecule has 1 aromatic heterocycles. The number of rotatable bonds is 2. The highest BCUT2D eigenvalue weighted by Gasteiger charge is 2.14. The highest BCUT2D eigenvalue weighted by molar-refractivity contribution is 5.84. The van der Waals surface area contributed by atoms with E-state index in [0.29, 0.717) is 6.54 Å². The largest absolute Gasteiger partial charge is 0.378 e. The zero-order valence-corrected chi connectivity index (χ0v) is 11.2. The van der Waals surface area contributed by atoms with Crippen LogP contribution in [0.5, 0.6) is 0 Å². The molecule has 4 nitrogen and oxygen atoms in total. The van der Waals surface area contributed by atoms with Crippen molar-refractivity contribution in [2.75, 3.05) is 31.2 Å². The summed E-state index contributed by atoms with van der Waals surface area (Å²) in [6, 6.07) is 8.42. The van der Waals surface area contributed by atoms with Crippen molar-refractivity contribution in [1.82, 2.24) is 4.98 Å². The molecule has 19 heavy (non-hydrogen) atoms. The Balaban J connectivity index is 2.03. The Morgan fingerprint density at radius 3 is 2.79 bits per heavy atom. The summed E-state index contributed by atoms with van der Waals surface area (Å²) in [5.74, 6) is 1.05. The molecule has 1 aromatic carbocycles. The monoisotopic (exact) mass is 257 g/mol. The number of ether oxygens (including phenoxy) is 1. The molecule has 1 saturated heterocycles. The minimum atomic E-state index is 0.570. The van der Waals surface area contributed by atoms with Gasteiger partial charge in [-0.25, -0.2) is 4.98 Å². The third-order valence-corrected chi connectivity index (χ3v) is 3.64. The molecule has 0 radical (unpaired) electrons. The van der Waals surface area contributed by atoms with Crippen molar-refractivity contribution in [3.05, 3.63) is 35.4 Å². The average Bonchev–Trinajstić information content (AvgIpc) is 2.48. The summed E-state index contributed by atoms with van der Waals surface area (Å²) in [6.07, 6.45) is 0. The van der Waals surface area contributed by atoms with Gasteiger partial charge in [0.15, 0.2) is 0 Å². The van der Waals surface area contributed by atoms with Gasteiger partial charge in [-0.1, -0.05) is 6.07 Å². The second kappa shape index (κ2) is 5.15. The second-order valence-corrected chi connectivity index (χ2v) is 4.95. The average molecular weight is 257 g/mol. The summed E-state index contributed by atoms with van der Waals surface area (Å²) < 4.78 is 5.39. The fourth-order valence-electron chi connectivity index (χ4n) is 2.51. The van der Waals surface area contributed by atoms with Gasteiger partial charge in [0.25, 0.3) is 0 Å². The molecule has 0 bridgehead atoms. The highest BCUT2D eigenvalue weighted by atomic mass is 16.5. The molecule has 0 spiro atoms. The number of morpholine rings is 1. The molecular weight excluding hydrogens is 238 g/mol. The molecule has 2 N–H and O–H groups in total. The Hall–Kier alpha value is -1.65. The lowest BCUT2D eigenvalue weighted by Crippen LogP contribution is -2.36. The molecule has 0 aliphatic carbocycles. The minimum absolute atomic E-state index is 0.570. The van der Waals surface area contributed by atoms with Crippen molar-refractivity contribution in [3.63, 3.8) is 0 Å². The number of pyridine rings is 1. The van der Waals surface area contributed by atoms with Gasteiger partial charge in [-0.3, -0.25) is 0 Å². The van der Waals surface area contributed by atoms with Crippen LogP contribution in [0.3, 0.4) is 0 Å². The quantitative estimate of drug-likeness (QED) is 0.892. The molecule has 2 heterocycles. The zero-order chi connectivity index (χ0) is 13.2. The molecule has 1 aliphatic rings. The predicted octanol–water partition coefficient (Wildman–Crippen LogP) is 1.84. The number of fused-ring (bicyclic) bond motifs is 1. The smallest absolute Gasteiger partial charge is 0.129 e. The molecule has 1 fully saturated rings. The molecule has 4 heteroatoms. The van der Waals surface area contributed by atoms with Gasteiger partial charge in [0.2, 0.25) is 0 Å². The van der Waals surface area contributed by atoms with Crippen LogP contribution in [0.15, 0.2) is 24.3 Å². The molecule has 2 aromatic rings. The van der Waals surface area contributed by atoms with E-state index in [-0.39, 0.29) is 0 Å². The first-order valence-corrected chi connectivity index (χ1v) is 6.71. The lowest BCUT2D eigenvalue weighted by molar-refractivity contribution is 0.122. The zero-order valence-electron chi connectivity index (χ0n) is 11.2. The van der Waals surface area contributed by atoms with Gasteiger partial charge < -0.3 is 15.4 Å². The van der Waals surface area contributed by atoms with Crippen LogP contribution in [0.2, 0.25) is 0 Å². The van der Waals surface area contributed by atoms with Gasteiger partial charge in [-0.15, -0.1) is 0 Å². The predicted molar refractivity (Wildman–Crippen MR) is 77.4 cm³/mol. The number of aromatic nitrogens is 1. The van der Waals surface area contributed by atoms with Gasteiger partial charge in [0.05, 0.1) is 18.7 Å². The van der Waals surface area contributed by atoms with Gasteiger partial charge in [0.1, 0.15) is 5.82 Å². The Morgan fingerprint density at radius 2 is 2.05 bits per heavy atom. The topological polar surface area (TPSA) is 51.4 Å². The molecule has 1 aliphatic heterocycles. The van der Waals surface area contributed by atoms with Crippen LogP contribution in [0.25, 0.3) is 10.9 Å². The normalized spacial score (nSPS) is 16.0. The molecule has 100 valence electrons. The lowest BCUT2D eigenvalue weighted by atomic mass is 10.1. The van der Waals surface area contributed by atoms with Gasteiger partial charge in [0, 0.05) is 25.0 Å². The summed E-state index contributed by atoms with van der Waals surface area (Å²) >= 11 is 0. The number of nitrogens with two attached hydrogens (primary N) is 1. The van der Waals surface area contributed by atoms with E-state index < -0.39 is 0 Å². The maximum absolute atomic E-state index is 5.70. The lowest BCUT2D eigenvalue weighted by Gasteiger charge is -2.28. The van der Waals surface area contributed by atoms with Crippen molar-refractivity contribution in [1.29, 1.82) is 0 Å². The van der Waals surface area contributed by atoms with E-state index in [0.717, 1.165) is 43.2 Å². The third-order valence-electron chi connectivity index (χ3n) is 3.64. The summed E-state index contributed by atoms with van der Waals surface area (Å²) in [4.78, 5) is 7.05. The molecular formula is C15H19N3O. The molecule has 0 unspecified atom stereocenters. The SMILES string of the molecule is Cc1cc(N2CCOCC2)nc2ccc(CN)cc12. The standard InChI is InChI=1S/C15H19N3O/c1-11-8-15(18-4-6-19-7-5-18)17-14-3-2-12(10-16)9-13(11)14/h2-3,8-9H,4-7,10,16H2,1H3. The molecule has 0 saturated carbocycles. The molecule has 0 amide bonds. The number of hydrogen-bond donors (Lipinski definition) is 1. The van der Waals surface area contributed by atoms with Crippen molar-refractivity contribution in [2.24, 2.45) is 5.73 Å². The Morgan fingerprint density at radius 1 is 1.26 bits per heavy atom. The summed E-state index contributed by atoms with van der Waals surface area (Å²) in [7, 11) is 0. The Labute approximate surface area is 113 Å². The van der Waals surface area contributed by atoms with Crippen LogP contribution < -0.4 is 10.6 Å². The van der Waals surface area contributed by atoms with Crippen molar-refractivity contribution in [3.8, 4) is 0 Å². The fourth-order valence-corrected chi connectivity index (χ4v) is 2.51. The van der Waals surface area contributed by atoms with Crippen LogP contribution >= 0.6 is 0 Å². The minimum Gasteiger partial charge on any atom is -0.378 e. The van der Waals surface area contributed by atoms with Crippen LogP contribution in [-0.4, -0.2) is 31.3 Å². The molecule has 3 rings (SSSR count). The summed E-state index contributed by atoms with van der Waals surface area (Å²) in [6.45, 7) is 6.10. The second-order valence-electron chi connectivity index (χ2n) is 4.95. The number of hydrogen-bond acceptors (Lipinski definition) is 4. The maximum Gasteiger partial charge on any atom is 0.129 e. The van der Waals surface area contributed by atoms with Crippen molar-refractivity contribution < 1.29 is 4.74 Å². The Bertz CT molecular complexity index is 591. The van der Waals surface area contributed by atoms with Crippen molar-refractivity contribution >= 4 is 16.7 Å². The van der Waals surface area contributed by atoms with E-state index in [2.05, 4.69) is 36.1 Å². The van der Waals surface area contributed by atoms with E-state index in [1.807, 2.05) is 0 Å². The fraction of sp³-hybridized carbons (Fsp3) is 0.400. The van der Waals surface area contributed by atoms with Gasteiger partial charge >= 0.3 is 0 Å². The Kier molecular flexibility index (Phi) is 3.36. The van der Waals surface area contributed by atoms with Crippen LogP contribution in [0, 0.1) is 6.92 Å². The maximum atomic E-state index is 5.70. The van der Waals surface area contributed by atoms with Gasteiger partial charge in [-0.05, 0) is 36.2 Å². The van der Waals surface area contributed by atoms with Crippen LogP contribution in [0.1, 0.15) is 11.1 Å².